The van der Waals surface area contributed by atoms with Crippen molar-refractivity contribution in [3.05, 3.63) is 42.0 Å². The Bertz CT molecular complexity index is 483. The molecule has 0 radical (unpaired) electrons. The Morgan fingerprint density at radius 3 is 2.48 bits per heavy atom. The number of hydrogen-bond acceptors (Lipinski definition) is 4. The van der Waals surface area contributed by atoms with Gasteiger partial charge in [0.25, 0.3) is 0 Å². The number of rotatable bonds is 5. The summed E-state index contributed by atoms with van der Waals surface area (Å²) in [4.78, 5) is 2.08. The molecule has 0 saturated carbocycles. The van der Waals surface area contributed by atoms with Crippen LogP contribution in [0.4, 0.5) is 0 Å². The van der Waals surface area contributed by atoms with Crippen molar-refractivity contribution in [1.29, 1.82) is 0 Å². The lowest BCUT2D eigenvalue weighted by Crippen LogP contribution is -2.42. The Balaban J connectivity index is 2.31. The molecule has 3 unspecified atom stereocenters. The van der Waals surface area contributed by atoms with Gasteiger partial charge in [-0.3, -0.25) is 0 Å². The predicted octanol–water partition coefficient (Wildman–Crippen LogP) is 1.78. The van der Waals surface area contributed by atoms with E-state index < -0.39 is 11.7 Å². The average molecular weight is 291 g/mol. The summed E-state index contributed by atoms with van der Waals surface area (Å²) in [5.41, 5.74) is 0.158. The molecule has 0 saturated heterocycles. The molecular formula is C17H25NO3. The number of likely N-dealkylation sites (N-methyl/N-ethyl adjacent to an activating group) is 1. The van der Waals surface area contributed by atoms with Gasteiger partial charge in [0, 0.05) is 12.5 Å². The van der Waals surface area contributed by atoms with Crippen molar-refractivity contribution in [2.24, 2.45) is 0 Å². The zero-order valence-corrected chi connectivity index (χ0v) is 13.0. The van der Waals surface area contributed by atoms with E-state index >= 15 is 0 Å². The first-order valence-electron chi connectivity index (χ1n) is 7.33. The summed E-state index contributed by atoms with van der Waals surface area (Å²) in [7, 11) is 5.65. The molecule has 1 aliphatic rings. The Morgan fingerprint density at radius 1 is 1.33 bits per heavy atom. The molecule has 4 nitrogen and oxygen atoms in total. The van der Waals surface area contributed by atoms with Gasteiger partial charge in [0.15, 0.2) is 0 Å². The van der Waals surface area contributed by atoms with Crippen molar-refractivity contribution in [2.75, 3.05) is 27.7 Å². The third-order valence-corrected chi connectivity index (χ3v) is 4.12. The van der Waals surface area contributed by atoms with Crippen LogP contribution in [0.3, 0.4) is 0 Å². The summed E-state index contributed by atoms with van der Waals surface area (Å²) in [5, 5.41) is 20.6. The molecule has 0 spiro atoms. The molecule has 1 aliphatic carbocycles. The van der Waals surface area contributed by atoms with Gasteiger partial charge in [0.05, 0.1) is 18.8 Å². The van der Waals surface area contributed by atoms with Gasteiger partial charge in [-0.25, -0.2) is 0 Å². The topological polar surface area (TPSA) is 52.9 Å². The number of ether oxygens (including phenoxy) is 1. The highest BCUT2D eigenvalue weighted by Crippen LogP contribution is 2.37. The van der Waals surface area contributed by atoms with Crippen molar-refractivity contribution < 1.29 is 14.9 Å². The van der Waals surface area contributed by atoms with Crippen LogP contribution < -0.4 is 4.74 Å². The first-order valence-corrected chi connectivity index (χ1v) is 7.33. The van der Waals surface area contributed by atoms with Crippen molar-refractivity contribution in [1.82, 2.24) is 4.90 Å². The van der Waals surface area contributed by atoms with Crippen LogP contribution in [0.1, 0.15) is 24.3 Å². The normalized spacial score (nSPS) is 26.9. The smallest absolute Gasteiger partial charge is 0.118 e. The van der Waals surface area contributed by atoms with Crippen LogP contribution in [-0.4, -0.2) is 54.6 Å². The SMILES string of the molecule is COc1ccc(C(CN(C)C)C2(O)C=CC(O)CC2)cc1. The summed E-state index contributed by atoms with van der Waals surface area (Å²) in [5.74, 6) is 0.770. The second kappa shape index (κ2) is 6.60. The minimum Gasteiger partial charge on any atom is -0.497 e. The molecular weight excluding hydrogens is 266 g/mol. The first kappa shape index (κ1) is 16.0. The van der Waals surface area contributed by atoms with E-state index in [1.807, 2.05) is 38.4 Å². The van der Waals surface area contributed by atoms with Crippen LogP contribution in [-0.2, 0) is 0 Å². The lowest BCUT2D eigenvalue weighted by Gasteiger charge is -2.38. The monoisotopic (exact) mass is 291 g/mol. The van der Waals surface area contributed by atoms with Crippen LogP contribution in [0.2, 0.25) is 0 Å². The highest BCUT2D eigenvalue weighted by molar-refractivity contribution is 5.33. The fourth-order valence-corrected chi connectivity index (χ4v) is 2.88. The maximum atomic E-state index is 11.0. The highest BCUT2D eigenvalue weighted by Gasteiger charge is 2.37. The van der Waals surface area contributed by atoms with Gasteiger partial charge in [0.2, 0.25) is 0 Å². The molecule has 2 rings (SSSR count). The summed E-state index contributed by atoms with van der Waals surface area (Å²) in [6, 6.07) is 7.85. The highest BCUT2D eigenvalue weighted by atomic mass is 16.5. The first-order chi connectivity index (χ1) is 9.94. The molecule has 3 atom stereocenters. The lowest BCUT2D eigenvalue weighted by atomic mass is 9.75. The second-order valence-corrected chi connectivity index (χ2v) is 6.04. The molecule has 0 aromatic heterocycles. The van der Waals surface area contributed by atoms with Crippen molar-refractivity contribution in [3.8, 4) is 5.75 Å². The Hall–Kier alpha value is -1.36. The van der Waals surface area contributed by atoms with Crippen LogP contribution in [0.25, 0.3) is 0 Å². The molecule has 116 valence electrons. The lowest BCUT2D eigenvalue weighted by molar-refractivity contribution is 0.0210. The summed E-state index contributed by atoms with van der Waals surface area (Å²) >= 11 is 0. The third kappa shape index (κ3) is 3.84. The van der Waals surface area contributed by atoms with Gasteiger partial charge in [-0.1, -0.05) is 24.3 Å². The van der Waals surface area contributed by atoms with E-state index in [2.05, 4.69) is 4.90 Å². The molecule has 0 bridgehead atoms. The molecule has 2 N–H and O–H groups in total. The van der Waals surface area contributed by atoms with Crippen molar-refractivity contribution in [3.63, 3.8) is 0 Å². The van der Waals surface area contributed by atoms with Gasteiger partial charge in [-0.05, 0) is 44.6 Å². The van der Waals surface area contributed by atoms with E-state index in [9.17, 15) is 10.2 Å². The molecule has 4 heteroatoms. The summed E-state index contributed by atoms with van der Waals surface area (Å²) in [6.45, 7) is 0.739. The maximum Gasteiger partial charge on any atom is 0.118 e. The fourth-order valence-electron chi connectivity index (χ4n) is 2.88. The van der Waals surface area contributed by atoms with Crippen LogP contribution in [0.5, 0.6) is 5.75 Å². The standard InChI is InChI=1S/C17H25NO3/c1-18(2)12-16(13-4-6-15(21-3)7-5-13)17(20)10-8-14(19)9-11-17/h4-8,10,14,16,19-20H,9,11-12H2,1-3H3. The van der Waals surface area contributed by atoms with Gasteiger partial charge in [-0.15, -0.1) is 0 Å². The Kier molecular flexibility index (Phi) is 5.04. The third-order valence-electron chi connectivity index (χ3n) is 4.12. The largest absolute Gasteiger partial charge is 0.497 e. The van der Waals surface area contributed by atoms with E-state index in [-0.39, 0.29) is 5.92 Å². The zero-order valence-electron chi connectivity index (χ0n) is 13.0. The van der Waals surface area contributed by atoms with Gasteiger partial charge in [-0.2, -0.15) is 0 Å². The minimum atomic E-state index is -0.919. The minimum absolute atomic E-state index is 0.0397. The predicted molar refractivity (Wildman–Crippen MR) is 83.6 cm³/mol. The zero-order chi connectivity index (χ0) is 15.5. The van der Waals surface area contributed by atoms with E-state index in [0.29, 0.717) is 12.8 Å². The quantitative estimate of drug-likeness (QED) is 0.812. The van der Waals surface area contributed by atoms with Gasteiger partial charge < -0.3 is 19.8 Å². The molecule has 1 aromatic rings. The van der Waals surface area contributed by atoms with Gasteiger partial charge in [0.1, 0.15) is 5.75 Å². The number of benzene rings is 1. The van der Waals surface area contributed by atoms with Crippen LogP contribution >= 0.6 is 0 Å². The van der Waals surface area contributed by atoms with Crippen LogP contribution in [0, 0.1) is 0 Å². The molecule has 0 amide bonds. The van der Waals surface area contributed by atoms with Gasteiger partial charge >= 0.3 is 0 Å². The average Bonchev–Trinajstić information content (AvgIpc) is 2.48. The van der Waals surface area contributed by atoms with E-state index in [0.717, 1.165) is 17.9 Å². The molecule has 0 fully saturated rings. The summed E-state index contributed by atoms with van der Waals surface area (Å²) in [6.07, 6.45) is 4.18. The molecule has 1 aromatic carbocycles. The summed E-state index contributed by atoms with van der Waals surface area (Å²) < 4.78 is 5.19. The van der Waals surface area contributed by atoms with Crippen molar-refractivity contribution >= 4 is 0 Å². The van der Waals surface area contributed by atoms with Crippen molar-refractivity contribution in [2.45, 2.75) is 30.5 Å². The maximum absolute atomic E-state index is 11.0. The number of hydrogen-bond donors (Lipinski definition) is 2. The molecule has 0 aliphatic heterocycles. The Morgan fingerprint density at radius 2 is 2.00 bits per heavy atom. The molecule has 0 heterocycles. The van der Waals surface area contributed by atoms with Crippen LogP contribution in [0.15, 0.2) is 36.4 Å². The number of aliphatic hydroxyl groups excluding tert-OH is 1. The van der Waals surface area contributed by atoms with E-state index in [1.54, 1.807) is 19.3 Å². The fraction of sp³-hybridized carbons (Fsp3) is 0.529. The van der Waals surface area contributed by atoms with E-state index in [4.69, 9.17) is 4.74 Å². The Labute approximate surface area is 126 Å². The number of methoxy groups -OCH3 is 1. The number of nitrogens with zero attached hydrogens (tertiary/aromatic N) is 1. The number of aliphatic hydroxyl groups is 2. The molecule has 21 heavy (non-hydrogen) atoms. The second-order valence-electron chi connectivity index (χ2n) is 6.04. The van der Waals surface area contributed by atoms with E-state index in [1.165, 1.54) is 0 Å².